The van der Waals surface area contributed by atoms with Crippen LogP contribution in [-0.2, 0) is 12.0 Å². The topological polar surface area (TPSA) is 92.3 Å². The molecule has 0 aliphatic carbocycles. The molecule has 5 heterocycles. The first-order valence-corrected chi connectivity index (χ1v) is 11.2. The number of anilines is 1. The quantitative estimate of drug-likeness (QED) is 0.794. The van der Waals surface area contributed by atoms with Crippen molar-refractivity contribution in [3.05, 3.63) is 35.7 Å². The highest BCUT2D eigenvalue weighted by Gasteiger charge is 2.46. The number of nitrogen functional groups attached to an aromatic ring is 1. The summed E-state index contributed by atoms with van der Waals surface area (Å²) < 4.78 is 2.13. The fourth-order valence-corrected chi connectivity index (χ4v) is 5.21. The smallest absolute Gasteiger partial charge is 0.317 e. The number of nitrogens with one attached hydrogen (secondary N) is 1. The van der Waals surface area contributed by atoms with E-state index >= 15 is 0 Å². The lowest BCUT2D eigenvalue weighted by atomic mass is 9.82. The van der Waals surface area contributed by atoms with E-state index in [-0.39, 0.29) is 11.4 Å². The summed E-state index contributed by atoms with van der Waals surface area (Å²) in [6, 6.07) is 4.38. The van der Waals surface area contributed by atoms with Gasteiger partial charge in [-0.15, -0.1) is 0 Å². The SMILES string of the molecule is CCNC(=O)N1CCC2(CCn3nc(-c4cnc(N)c(C5=CCN(C)CC5)c4)cc32)C1. The third kappa shape index (κ3) is 3.48. The summed E-state index contributed by atoms with van der Waals surface area (Å²) in [4.78, 5) is 21.1. The normalized spacial score (nSPS) is 23.3. The first-order valence-electron chi connectivity index (χ1n) is 11.2. The minimum Gasteiger partial charge on any atom is -0.383 e. The number of rotatable bonds is 3. The van der Waals surface area contributed by atoms with E-state index in [9.17, 15) is 4.79 Å². The molecule has 5 rings (SSSR count). The van der Waals surface area contributed by atoms with E-state index < -0.39 is 0 Å². The highest BCUT2D eigenvalue weighted by atomic mass is 16.2. The van der Waals surface area contributed by atoms with Crippen LogP contribution >= 0.6 is 0 Å². The number of hydrogen-bond donors (Lipinski definition) is 2. The largest absolute Gasteiger partial charge is 0.383 e. The van der Waals surface area contributed by atoms with Crippen molar-refractivity contribution in [2.24, 2.45) is 0 Å². The van der Waals surface area contributed by atoms with Crippen molar-refractivity contribution in [1.82, 2.24) is 29.9 Å². The zero-order valence-corrected chi connectivity index (χ0v) is 18.4. The minimum absolute atomic E-state index is 0.0108. The lowest BCUT2D eigenvalue weighted by molar-refractivity contribution is 0.206. The predicted octanol–water partition coefficient (Wildman–Crippen LogP) is 2.32. The molecule has 3 aliphatic rings. The molecule has 1 saturated heterocycles. The number of aryl methyl sites for hydroxylation is 1. The number of nitrogens with two attached hydrogens (primary N) is 1. The van der Waals surface area contributed by atoms with Crippen molar-refractivity contribution in [1.29, 1.82) is 0 Å². The molecule has 3 N–H and O–H groups in total. The minimum atomic E-state index is 0.0108. The second kappa shape index (κ2) is 7.67. The Morgan fingerprint density at radius 3 is 2.87 bits per heavy atom. The van der Waals surface area contributed by atoms with Crippen LogP contribution < -0.4 is 11.1 Å². The zero-order chi connectivity index (χ0) is 21.6. The van der Waals surface area contributed by atoms with E-state index in [1.54, 1.807) is 0 Å². The van der Waals surface area contributed by atoms with Gasteiger partial charge in [0, 0.05) is 67.7 Å². The molecular formula is C23H31N7O. The summed E-state index contributed by atoms with van der Waals surface area (Å²) >= 11 is 0. The molecule has 1 fully saturated rings. The second-order valence-electron chi connectivity index (χ2n) is 9.07. The van der Waals surface area contributed by atoms with E-state index in [0.29, 0.717) is 12.4 Å². The van der Waals surface area contributed by atoms with Crippen LogP contribution in [0.15, 0.2) is 24.4 Å². The monoisotopic (exact) mass is 421 g/mol. The van der Waals surface area contributed by atoms with Gasteiger partial charge in [-0.3, -0.25) is 4.68 Å². The Bertz CT molecular complexity index is 1040. The summed E-state index contributed by atoms with van der Waals surface area (Å²) in [5.41, 5.74) is 11.7. The van der Waals surface area contributed by atoms with Crippen molar-refractivity contribution in [2.45, 2.75) is 38.1 Å². The van der Waals surface area contributed by atoms with Crippen LogP contribution in [0.4, 0.5) is 10.6 Å². The maximum atomic E-state index is 12.3. The Labute approximate surface area is 183 Å². The van der Waals surface area contributed by atoms with Crippen LogP contribution in [0.5, 0.6) is 0 Å². The summed E-state index contributed by atoms with van der Waals surface area (Å²) in [6.45, 7) is 7.02. The van der Waals surface area contributed by atoms with Crippen LogP contribution in [0.25, 0.3) is 16.8 Å². The van der Waals surface area contributed by atoms with Crippen LogP contribution in [0.2, 0.25) is 0 Å². The van der Waals surface area contributed by atoms with Gasteiger partial charge < -0.3 is 20.9 Å². The van der Waals surface area contributed by atoms with Gasteiger partial charge in [0.15, 0.2) is 0 Å². The number of aromatic nitrogens is 3. The molecule has 0 bridgehead atoms. The number of amides is 2. The van der Waals surface area contributed by atoms with Gasteiger partial charge in [0.1, 0.15) is 5.82 Å². The van der Waals surface area contributed by atoms with Gasteiger partial charge in [0.2, 0.25) is 0 Å². The molecule has 1 atom stereocenters. The molecule has 2 aromatic rings. The highest BCUT2D eigenvalue weighted by molar-refractivity contribution is 5.78. The molecule has 8 heteroatoms. The summed E-state index contributed by atoms with van der Waals surface area (Å²) in [5.74, 6) is 0.580. The Morgan fingerprint density at radius 2 is 2.10 bits per heavy atom. The average molecular weight is 422 g/mol. The molecule has 1 unspecified atom stereocenters. The molecule has 0 saturated carbocycles. The van der Waals surface area contributed by atoms with Gasteiger partial charge in [-0.2, -0.15) is 5.10 Å². The molecule has 2 aromatic heterocycles. The van der Waals surface area contributed by atoms with E-state index in [4.69, 9.17) is 10.8 Å². The van der Waals surface area contributed by atoms with E-state index in [0.717, 1.165) is 68.8 Å². The average Bonchev–Trinajstić information content (AvgIpc) is 3.46. The third-order valence-electron chi connectivity index (χ3n) is 7.07. The van der Waals surface area contributed by atoms with Crippen molar-refractivity contribution in [3.63, 3.8) is 0 Å². The molecule has 0 aromatic carbocycles. The number of hydrogen-bond acceptors (Lipinski definition) is 5. The number of urea groups is 1. The van der Waals surface area contributed by atoms with Crippen molar-refractivity contribution < 1.29 is 4.79 Å². The molecule has 31 heavy (non-hydrogen) atoms. The lowest BCUT2D eigenvalue weighted by Gasteiger charge is -2.23. The molecular weight excluding hydrogens is 390 g/mol. The van der Waals surface area contributed by atoms with Crippen LogP contribution in [0.1, 0.15) is 37.4 Å². The highest BCUT2D eigenvalue weighted by Crippen LogP contribution is 2.44. The van der Waals surface area contributed by atoms with E-state index in [2.05, 4.69) is 45.1 Å². The Balaban J connectivity index is 1.43. The Morgan fingerprint density at radius 1 is 1.26 bits per heavy atom. The van der Waals surface area contributed by atoms with Crippen molar-refractivity contribution in [3.8, 4) is 11.3 Å². The number of nitrogens with zero attached hydrogens (tertiary/aromatic N) is 5. The maximum Gasteiger partial charge on any atom is 0.317 e. The van der Waals surface area contributed by atoms with Gasteiger partial charge >= 0.3 is 6.03 Å². The zero-order valence-electron chi connectivity index (χ0n) is 18.4. The number of carbonyl (C=O) groups is 1. The first-order chi connectivity index (χ1) is 15.0. The van der Waals surface area contributed by atoms with Crippen molar-refractivity contribution in [2.75, 3.05) is 45.5 Å². The molecule has 1 spiro atoms. The van der Waals surface area contributed by atoms with Crippen molar-refractivity contribution >= 4 is 17.4 Å². The number of pyridine rings is 1. The van der Waals surface area contributed by atoms with Gasteiger partial charge in [-0.05, 0) is 50.9 Å². The molecule has 8 nitrogen and oxygen atoms in total. The van der Waals surface area contributed by atoms with Gasteiger partial charge in [-0.25, -0.2) is 9.78 Å². The summed E-state index contributed by atoms with van der Waals surface area (Å²) in [7, 11) is 2.13. The van der Waals surface area contributed by atoms with E-state index in [1.807, 2.05) is 18.0 Å². The summed E-state index contributed by atoms with van der Waals surface area (Å²) in [5, 5.41) is 7.83. The Kier molecular flexibility index (Phi) is 4.97. The predicted molar refractivity (Wildman–Crippen MR) is 122 cm³/mol. The number of likely N-dealkylation sites (tertiary alicyclic amines) is 1. The fraction of sp³-hybridized carbons (Fsp3) is 0.522. The third-order valence-corrected chi connectivity index (χ3v) is 7.07. The number of carbonyl (C=O) groups excluding carboxylic acids is 1. The van der Waals surface area contributed by atoms with Crippen LogP contribution in [-0.4, -0.2) is 70.4 Å². The fourth-order valence-electron chi connectivity index (χ4n) is 5.21. The second-order valence-corrected chi connectivity index (χ2v) is 9.07. The molecule has 3 aliphatic heterocycles. The van der Waals surface area contributed by atoms with Gasteiger partial charge in [-0.1, -0.05) is 6.08 Å². The maximum absolute atomic E-state index is 12.3. The lowest BCUT2D eigenvalue weighted by Crippen LogP contribution is -2.40. The van der Waals surface area contributed by atoms with Gasteiger partial charge in [0.05, 0.1) is 5.69 Å². The standard InChI is InChI=1S/C23H31N7O/c1-3-25-22(31)29-10-6-23(15-29)7-11-30-20(23)13-19(27-30)17-12-18(21(24)26-14-17)16-4-8-28(2)9-5-16/h4,12-14H,3,5-11,15H2,1-2H3,(H2,24,26)(H,25,31). The number of fused-ring (bicyclic) bond motifs is 2. The Hall–Kier alpha value is -2.87. The van der Waals surface area contributed by atoms with Gasteiger partial charge in [0.25, 0.3) is 0 Å². The first kappa shape index (κ1) is 20.1. The molecule has 0 radical (unpaired) electrons. The van der Waals surface area contributed by atoms with E-state index in [1.165, 1.54) is 11.3 Å². The number of likely N-dealkylation sites (N-methyl/N-ethyl adjacent to an activating group) is 1. The van der Waals surface area contributed by atoms with Crippen LogP contribution in [0, 0.1) is 0 Å². The molecule has 2 amide bonds. The van der Waals surface area contributed by atoms with Crippen LogP contribution in [0.3, 0.4) is 0 Å². The summed E-state index contributed by atoms with van der Waals surface area (Å²) in [6.07, 6.45) is 7.08. The molecule has 164 valence electrons.